The Balaban J connectivity index is 0.000000159. The van der Waals surface area contributed by atoms with Crippen LogP contribution >= 0.6 is 11.6 Å². The Hall–Kier alpha value is -2.67. The van der Waals surface area contributed by atoms with Crippen LogP contribution in [0.4, 0.5) is 5.69 Å². The maximum Gasteiger partial charge on any atom is 0.251 e. The summed E-state index contributed by atoms with van der Waals surface area (Å²) in [4.78, 5) is 18.8. The van der Waals surface area contributed by atoms with Gasteiger partial charge in [-0.15, -0.1) is 0 Å². The average Bonchev–Trinajstić information content (AvgIpc) is 2.86. The highest BCUT2D eigenvalue weighted by molar-refractivity contribution is 6.30. The summed E-state index contributed by atoms with van der Waals surface area (Å²) >= 11 is 5.77. The van der Waals surface area contributed by atoms with Crippen LogP contribution in [0, 0.1) is 0 Å². The molecule has 1 aromatic heterocycles. The lowest BCUT2D eigenvalue weighted by Crippen LogP contribution is -2.41. The molecular formula is C26H31ClN4O2. The number of halogens is 1. The van der Waals surface area contributed by atoms with Gasteiger partial charge in [-0.2, -0.15) is 0 Å². The van der Waals surface area contributed by atoms with Gasteiger partial charge in [0.2, 0.25) is 0 Å². The lowest BCUT2D eigenvalue weighted by Gasteiger charge is -2.26. The van der Waals surface area contributed by atoms with Gasteiger partial charge in [0, 0.05) is 53.5 Å². The second-order valence-corrected chi connectivity index (χ2v) is 8.83. The van der Waals surface area contributed by atoms with Crippen molar-refractivity contribution in [3.63, 3.8) is 0 Å². The number of nitrogen functional groups attached to an aromatic ring is 1. The van der Waals surface area contributed by atoms with Crippen LogP contribution in [-0.4, -0.2) is 55.2 Å². The highest BCUT2D eigenvalue weighted by atomic mass is 35.5. The average molecular weight is 467 g/mol. The minimum atomic E-state index is -0.0556. The molecule has 2 aromatic carbocycles. The number of fused-ring (bicyclic) bond motifs is 2. The van der Waals surface area contributed by atoms with Crippen molar-refractivity contribution in [1.82, 2.24) is 15.2 Å². The maximum atomic E-state index is 11.8. The number of nitrogens with two attached hydrogens (primary N) is 1. The summed E-state index contributed by atoms with van der Waals surface area (Å²) in [5, 5.41) is 4.65. The molecule has 0 atom stereocenters. The summed E-state index contributed by atoms with van der Waals surface area (Å²) in [5.41, 5.74) is 11.3. The second kappa shape index (κ2) is 11.5. The summed E-state index contributed by atoms with van der Waals surface area (Å²) in [7, 11) is 0. The summed E-state index contributed by atoms with van der Waals surface area (Å²) < 4.78 is 5.27. The number of rotatable bonds is 4. The molecule has 3 aromatic rings. The predicted molar refractivity (Wildman–Crippen MR) is 134 cm³/mol. The highest BCUT2D eigenvalue weighted by Crippen LogP contribution is 2.30. The van der Waals surface area contributed by atoms with E-state index in [0.717, 1.165) is 62.3 Å². The second-order valence-electron chi connectivity index (χ2n) is 8.39. The summed E-state index contributed by atoms with van der Waals surface area (Å²) in [6, 6.07) is 15.0. The molecule has 6 nitrogen and oxygen atoms in total. The number of aryl methyl sites for hydroxylation is 1. The van der Waals surface area contributed by atoms with Crippen LogP contribution in [-0.2, 0) is 17.6 Å². The van der Waals surface area contributed by atoms with Gasteiger partial charge in [-0.1, -0.05) is 29.8 Å². The number of carbonyl (C=O) groups excluding carboxylic acids is 1. The minimum absolute atomic E-state index is 0.0556. The van der Waals surface area contributed by atoms with Crippen molar-refractivity contribution in [2.45, 2.75) is 25.7 Å². The Labute approximate surface area is 200 Å². The molecule has 1 fully saturated rings. The van der Waals surface area contributed by atoms with Gasteiger partial charge in [-0.05, 0) is 61.6 Å². The van der Waals surface area contributed by atoms with Crippen molar-refractivity contribution in [2.24, 2.45) is 0 Å². The van der Waals surface area contributed by atoms with Gasteiger partial charge in [0.15, 0.2) is 0 Å². The Morgan fingerprint density at radius 1 is 1.06 bits per heavy atom. The van der Waals surface area contributed by atoms with Gasteiger partial charge < -0.3 is 15.8 Å². The third-order valence-corrected chi connectivity index (χ3v) is 6.39. The van der Waals surface area contributed by atoms with Crippen LogP contribution in [0.15, 0.2) is 48.5 Å². The van der Waals surface area contributed by atoms with Gasteiger partial charge in [-0.3, -0.25) is 14.7 Å². The summed E-state index contributed by atoms with van der Waals surface area (Å²) in [6.45, 7) is 4.97. The van der Waals surface area contributed by atoms with Crippen molar-refractivity contribution in [3.05, 3.63) is 70.4 Å². The number of ether oxygens (including phenoxy) is 1. The number of nitrogens with zero attached hydrogens (tertiary/aromatic N) is 2. The number of morpholine rings is 1. The van der Waals surface area contributed by atoms with Crippen LogP contribution in [0.5, 0.6) is 0 Å². The van der Waals surface area contributed by atoms with Crippen molar-refractivity contribution in [3.8, 4) is 0 Å². The Bertz CT molecular complexity index is 1080. The molecule has 5 rings (SSSR count). The van der Waals surface area contributed by atoms with E-state index in [9.17, 15) is 4.79 Å². The lowest BCUT2D eigenvalue weighted by atomic mass is 9.93. The number of amides is 1. The smallest absolute Gasteiger partial charge is 0.251 e. The van der Waals surface area contributed by atoms with E-state index in [1.54, 1.807) is 24.3 Å². The lowest BCUT2D eigenvalue weighted by molar-refractivity contribution is 0.0383. The first-order valence-corrected chi connectivity index (χ1v) is 12.0. The Kier molecular flexibility index (Phi) is 8.15. The van der Waals surface area contributed by atoms with E-state index in [1.165, 1.54) is 24.1 Å². The van der Waals surface area contributed by atoms with E-state index in [0.29, 0.717) is 17.1 Å². The molecule has 0 radical (unpaired) electrons. The molecule has 3 N–H and O–H groups in total. The number of pyridine rings is 1. The van der Waals surface area contributed by atoms with Crippen molar-refractivity contribution < 1.29 is 9.53 Å². The first-order chi connectivity index (χ1) is 16.1. The largest absolute Gasteiger partial charge is 0.398 e. The number of nitrogens with one attached hydrogen (secondary N) is 1. The zero-order valence-corrected chi connectivity index (χ0v) is 19.6. The molecule has 2 heterocycles. The molecule has 2 aliphatic rings. The molecule has 1 amide bonds. The molecule has 174 valence electrons. The third-order valence-electron chi connectivity index (χ3n) is 6.14. The van der Waals surface area contributed by atoms with E-state index in [4.69, 9.17) is 27.1 Å². The number of para-hydroxylation sites is 1. The quantitative estimate of drug-likeness (QED) is 0.605. The van der Waals surface area contributed by atoms with Gasteiger partial charge in [-0.25, -0.2) is 0 Å². The Morgan fingerprint density at radius 3 is 2.58 bits per heavy atom. The van der Waals surface area contributed by atoms with E-state index in [1.807, 2.05) is 18.2 Å². The van der Waals surface area contributed by atoms with E-state index in [-0.39, 0.29) is 5.91 Å². The highest BCUT2D eigenvalue weighted by Gasteiger charge is 2.15. The van der Waals surface area contributed by atoms with Crippen LogP contribution in [0.3, 0.4) is 0 Å². The van der Waals surface area contributed by atoms with Crippen LogP contribution < -0.4 is 11.1 Å². The first kappa shape index (κ1) is 23.5. The van der Waals surface area contributed by atoms with Gasteiger partial charge >= 0.3 is 0 Å². The van der Waals surface area contributed by atoms with Crippen molar-refractivity contribution in [1.29, 1.82) is 0 Å². The first-order valence-electron chi connectivity index (χ1n) is 11.6. The molecular weight excluding hydrogens is 436 g/mol. The minimum Gasteiger partial charge on any atom is -0.398 e. The maximum absolute atomic E-state index is 11.8. The van der Waals surface area contributed by atoms with Crippen LogP contribution in [0.2, 0.25) is 5.02 Å². The molecule has 0 saturated carbocycles. The molecule has 0 unspecified atom stereocenters. The van der Waals surface area contributed by atoms with Crippen molar-refractivity contribution >= 4 is 34.1 Å². The van der Waals surface area contributed by atoms with Crippen molar-refractivity contribution in [2.75, 3.05) is 45.1 Å². The molecule has 1 aliphatic heterocycles. The standard InChI is InChI=1S/C13H17ClN2O2.C13H14N2/c14-12-3-1-11(2-4-12)13(17)15-5-6-16-7-9-18-10-8-16;14-13-9-5-1-3-7-11(9)15-12-8-4-2-6-10(12)13/h1-4H,5-10H2,(H,15,17);1,3,5,7H,2,4,6,8H2,(H2,14,15). The van der Waals surface area contributed by atoms with E-state index < -0.39 is 0 Å². The van der Waals surface area contributed by atoms with Gasteiger partial charge in [0.05, 0.1) is 18.7 Å². The van der Waals surface area contributed by atoms with Gasteiger partial charge in [0.1, 0.15) is 0 Å². The molecule has 33 heavy (non-hydrogen) atoms. The van der Waals surface area contributed by atoms with Gasteiger partial charge in [0.25, 0.3) is 5.91 Å². The SMILES string of the molecule is Nc1c2c(nc3ccccc13)CCCC2.O=C(NCCN1CCOCC1)c1ccc(Cl)cc1. The third kappa shape index (κ3) is 6.22. The van der Waals surface area contributed by atoms with Crippen LogP contribution in [0.25, 0.3) is 10.9 Å². The zero-order chi connectivity index (χ0) is 23.0. The fraction of sp³-hybridized carbons (Fsp3) is 0.385. The number of hydrogen-bond donors (Lipinski definition) is 2. The fourth-order valence-corrected chi connectivity index (χ4v) is 4.39. The van der Waals surface area contributed by atoms with Crippen LogP contribution in [0.1, 0.15) is 34.5 Å². The van der Waals surface area contributed by atoms with E-state index >= 15 is 0 Å². The molecule has 7 heteroatoms. The van der Waals surface area contributed by atoms with E-state index in [2.05, 4.69) is 16.3 Å². The number of aromatic nitrogens is 1. The number of benzene rings is 2. The predicted octanol–water partition coefficient (Wildman–Crippen LogP) is 4.10. The molecule has 1 saturated heterocycles. The molecule has 0 bridgehead atoms. The zero-order valence-electron chi connectivity index (χ0n) is 18.9. The molecule has 1 aliphatic carbocycles. The Morgan fingerprint density at radius 2 is 1.79 bits per heavy atom. The summed E-state index contributed by atoms with van der Waals surface area (Å²) in [5.74, 6) is -0.0556. The number of hydrogen-bond acceptors (Lipinski definition) is 5. The fourth-order valence-electron chi connectivity index (χ4n) is 4.27. The molecule has 0 spiro atoms. The monoisotopic (exact) mass is 466 g/mol. The normalized spacial score (nSPS) is 15.9. The topological polar surface area (TPSA) is 80.5 Å². The number of carbonyl (C=O) groups is 1. The summed E-state index contributed by atoms with van der Waals surface area (Å²) in [6.07, 6.45) is 4.68. The number of anilines is 1.